The third-order valence-electron chi connectivity index (χ3n) is 5.59. The highest BCUT2D eigenvalue weighted by atomic mass is 32.2. The molecule has 7 heteroatoms. The van der Waals surface area contributed by atoms with Crippen LogP contribution in [-0.4, -0.2) is 63.4 Å². The van der Waals surface area contributed by atoms with Gasteiger partial charge in [-0.1, -0.05) is 45.2 Å². The molecule has 1 aromatic carbocycles. The molecule has 0 aromatic heterocycles. The number of amides is 1. The van der Waals surface area contributed by atoms with E-state index >= 15 is 0 Å². The largest absolute Gasteiger partial charge is 0.449 e. The van der Waals surface area contributed by atoms with Crippen molar-refractivity contribution in [3.63, 3.8) is 0 Å². The SMILES string of the molecule is CCCCC(CC)COC(=O)N1CCCN(Cc2ccc(S(C)(=O)=O)cc2)CC1. The smallest absolute Gasteiger partial charge is 0.409 e. The number of sulfone groups is 1. The Hall–Kier alpha value is -1.60. The van der Waals surface area contributed by atoms with Crippen molar-refractivity contribution < 1.29 is 17.9 Å². The molecule has 1 heterocycles. The van der Waals surface area contributed by atoms with Gasteiger partial charge in [-0.2, -0.15) is 0 Å². The minimum absolute atomic E-state index is 0.195. The summed E-state index contributed by atoms with van der Waals surface area (Å²) in [5.74, 6) is 0.456. The van der Waals surface area contributed by atoms with E-state index in [0.717, 1.165) is 44.5 Å². The number of hydrogen-bond acceptors (Lipinski definition) is 5. The first-order valence-corrected chi connectivity index (χ1v) is 12.7. The van der Waals surface area contributed by atoms with Crippen LogP contribution in [0, 0.1) is 5.92 Å². The molecule has 0 aliphatic carbocycles. The van der Waals surface area contributed by atoms with E-state index in [-0.39, 0.29) is 6.09 Å². The van der Waals surface area contributed by atoms with Crippen LogP contribution >= 0.6 is 0 Å². The lowest BCUT2D eigenvalue weighted by atomic mass is 10.0. The molecule has 0 N–H and O–H groups in total. The summed E-state index contributed by atoms with van der Waals surface area (Å²) < 4.78 is 28.8. The van der Waals surface area contributed by atoms with Crippen molar-refractivity contribution in [3.05, 3.63) is 29.8 Å². The van der Waals surface area contributed by atoms with Gasteiger partial charge >= 0.3 is 6.09 Å². The Labute approximate surface area is 176 Å². The van der Waals surface area contributed by atoms with E-state index in [1.165, 1.54) is 19.1 Å². The van der Waals surface area contributed by atoms with Crippen molar-refractivity contribution in [1.82, 2.24) is 9.80 Å². The number of carbonyl (C=O) groups excluding carboxylic acids is 1. The highest BCUT2D eigenvalue weighted by Crippen LogP contribution is 2.16. The summed E-state index contributed by atoms with van der Waals surface area (Å²) in [5.41, 5.74) is 1.08. The molecule has 0 radical (unpaired) electrons. The zero-order chi connectivity index (χ0) is 21.3. The molecule has 164 valence electrons. The van der Waals surface area contributed by atoms with E-state index < -0.39 is 9.84 Å². The summed E-state index contributed by atoms with van der Waals surface area (Å²) in [7, 11) is -3.17. The van der Waals surface area contributed by atoms with Crippen LogP contribution in [0.3, 0.4) is 0 Å². The Bertz CT molecular complexity index is 734. The van der Waals surface area contributed by atoms with Crippen LogP contribution in [0.25, 0.3) is 0 Å². The predicted molar refractivity (Wildman–Crippen MR) is 116 cm³/mol. The second kappa shape index (κ2) is 11.6. The number of carbonyl (C=O) groups is 1. The first-order chi connectivity index (χ1) is 13.8. The summed E-state index contributed by atoms with van der Waals surface area (Å²) in [5, 5.41) is 0. The van der Waals surface area contributed by atoms with Gasteiger partial charge in [-0.15, -0.1) is 0 Å². The fourth-order valence-electron chi connectivity index (χ4n) is 3.59. The number of ether oxygens (including phenoxy) is 1. The third kappa shape index (κ3) is 7.97. The van der Waals surface area contributed by atoms with E-state index in [1.54, 1.807) is 12.1 Å². The lowest BCUT2D eigenvalue weighted by molar-refractivity contribution is 0.0856. The summed E-state index contributed by atoms with van der Waals surface area (Å²) in [4.78, 5) is 16.9. The topological polar surface area (TPSA) is 66.9 Å². The average molecular weight is 425 g/mol. The van der Waals surface area contributed by atoms with E-state index in [9.17, 15) is 13.2 Å². The van der Waals surface area contributed by atoms with Crippen molar-refractivity contribution in [2.45, 2.75) is 57.4 Å². The van der Waals surface area contributed by atoms with Gasteiger partial charge in [0.1, 0.15) is 0 Å². The van der Waals surface area contributed by atoms with Gasteiger partial charge in [0.2, 0.25) is 0 Å². The van der Waals surface area contributed by atoms with Crippen LogP contribution in [0.1, 0.15) is 51.5 Å². The molecule has 0 saturated carbocycles. The van der Waals surface area contributed by atoms with Gasteiger partial charge in [-0.3, -0.25) is 4.90 Å². The number of rotatable bonds is 9. The molecule has 1 aromatic rings. The molecule has 0 bridgehead atoms. The Morgan fingerprint density at radius 1 is 1.10 bits per heavy atom. The van der Waals surface area contributed by atoms with E-state index in [0.29, 0.717) is 30.5 Å². The number of hydrogen-bond donors (Lipinski definition) is 0. The van der Waals surface area contributed by atoms with Gasteiger partial charge in [-0.05, 0) is 36.5 Å². The molecule has 1 atom stereocenters. The molecular weight excluding hydrogens is 388 g/mol. The van der Waals surface area contributed by atoms with Crippen molar-refractivity contribution in [1.29, 1.82) is 0 Å². The van der Waals surface area contributed by atoms with Gasteiger partial charge in [0.05, 0.1) is 11.5 Å². The molecular formula is C22H36N2O4S. The molecule has 1 fully saturated rings. The fraction of sp³-hybridized carbons (Fsp3) is 0.682. The maximum Gasteiger partial charge on any atom is 0.409 e. The van der Waals surface area contributed by atoms with Crippen LogP contribution < -0.4 is 0 Å². The third-order valence-corrected chi connectivity index (χ3v) is 6.72. The minimum atomic E-state index is -3.17. The zero-order valence-corrected chi connectivity index (χ0v) is 18.9. The van der Waals surface area contributed by atoms with Gasteiger partial charge in [0.25, 0.3) is 0 Å². The van der Waals surface area contributed by atoms with Crippen LogP contribution in [-0.2, 0) is 21.1 Å². The van der Waals surface area contributed by atoms with E-state index in [1.807, 2.05) is 17.0 Å². The molecule has 1 aliphatic rings. The van der Waals surface area contributed by atoms with Crippen molar-refractivity contribution in [3.8, 4) is 0 Å². The summed E-state index contributed by atoms with van der Waals surface area (Å²) in [6.07, 6.45) is 6.44. The monoisotopic (exact) mass is 424 g/mol. The van der Waals surface area contributed by atoms with Gasteiger partial charge in [-0.25, -0.2) is 13.2 Å². The summed E-state index contributed by atoms with van der Waals surface area (Å²) >= 11 is 0. The molecule has 0 spiro atoms. The number of benzene rings is 1. The van der Waals surface area contributed by atoms with Gasteiger partial charge in [0.15, 0.2) is 9.84 Å². The second-order valence-corrected chi connectivity index (χ2v) is 10.0. The molecule has 2 rings (SSSR count). The highest BCUT2D eigenvalue weighted by molar-refractivity contribution is 7.90. The average Bonchev–Trinajstić information content (AvgIpc) is 2.93. The summed E-state index contributed by atoms with van der Waals surface area (Å²) in [6.45, 7) is 8.67. The number of nitrogens with zero attached hydrogens (tertiary/aromatic N) is 2. The highest BCUT2D eigenvalue weighted by Gasteiger charge is 2.21. The first-order valence-electron chi connectivity index (χ1n) is 10.8. The molecule has 1 aliphatic heterocycles. The van der Waals surface area contributed by atoms with Crippen LogP contribution in [0.15, 0.2) is 29.2 Å². The quantitative estimate of drug-likeness (QED) is 0.600. The van der Waals surface area contributed by atoms with Crippen LogP contribution in [0.2, 0.25) is 0 Å². The van der Waals surface area contributed by atoms with E-state index in [2.05, 4.69) is 18.7 Å². The fourth-order valence-corrected chi connectivity index (χ4v) is 4.22. The molecule has 1 amide bonds. The first kappa shape index (κ1) is 23.7. The Morgan fingerprint density at radius 2 is 1.83 bits per heavy atom. The molecule has 29 heavy (non-hydrogen) atoms. The normalized spacial score (nSPS) is 17.0. The number of unbranched alkanes of at least 4 members (excludes halogenated alkanes) is 1. The lowest BCUT2D eigenvalue weighted by Crippen LogP contribution is -2.36. The lowest BCUT2D eigenvalue weighted by Gasteiger charge is -2.23. The van der Waals surface area contributed by atoms with Crippen LogP contribution in [0.5, 0.6) is 0 Å². The van der Waals surface area contributed by atoms with Gasteiger partial charge < -0.3 is 9.64 Å². The molecule has 1 saturated heterocycles. The van der Waals surface area contributed by atoms with Crippen LogP contribution in [0.4, 0.5) is 4.79 Å². The molecule has 6 nitrogen and oxygen atoms in total. The minimum Gasteiger partial charge on any atom is -0.449 e. The Kier molecular flexibility index (Phi) is 9.43. The maximum atomic E-state index is 12.5. The van der Waals surface area contributed by atoms with Crippen molar-refractivity contribution in [2.75, 3.05) is 39.0 Å². The maximum absolute atomic E-state index is 12.5. The molecule has 1 unspecified atom stereocenters. The zero-order valence-electron chi connectivity index (χ0n) is 18.1. The predicted octanol–water partition coefficient (Wildman–Crippen LogP) is 3.95. The van der Waals surface area contributed by atoms with Crippen molar-refractivity contribution in [2.24, 2.45) is 5.92 Å². The van der Waals surface area contributed by atoms with E-state index in [4.69, 9.17) is 4.74 Å². The standard InChI is InChI=1S/C22H36N2O4S/c1-4-6-8-19(5-2)18-28-22(25)24-14-7-13-23(15-16-24)17-20-9-11-21(12-10-20)29(3,26)27/h9-12,19H,4-8,13-18H2,1-3H3. The van der Waals surface area contributed by atoms with Gasteiger partial charge in [0, 0.05) is 39.0 Å². The summed E-state index contributed by atoms with van der Waals surface area (Å²) in [6, 6.07) is 7.06. The Morgan fingerprint density at radius 3 is 2.45 bits per heavy atom. The second-order valence-electron chi connectivity index (χ2n) is 8.03. The van der Waals surface area contributed by atoms with Crippen molar-refractivity contribution >= 4 is 15.9 Å². The Balaban J connectivity index is 1.81.